The molecule has 0 aromatic heterocycles. The smallest absolute Gasteiger partial charge is 0.231 e. The van der Waals surface area contributed by atoms with Crippen LogP contribution in [0.25, 0.3) is 0 Å². The summed E-state index contributed by atoms with van der Waals surface area (Å²) in [7, 11) is 0. The van der Waals surface area contributed by atoms with Crippen LogP contribution < -0.4 is 14.8 Å². The van der Waals surface area contributed by atoms with Crippen LogP contribution in [0, 0.1) is 17.8 Å². The SMILES string of the molecule is CC1CC2CC(CN3CCCC(Cc4ccc5c(c4)OCO5)CC3)C(C1)N2. The molecule has 3 fully saturated rings. The molecule has 4 heterocycles. The molecule has 5 atom stereocenters. The molecule has 0 aliphatic carbocycles. The Morgan fingerprint density at radius 3 is 2.96 bits per heavy atom. The Kier molecular flexibility index (Phi) is 5.04. The van der Waals surface area contributed by atoms with E-state index >= 15 is 0 Å². The molecule has 2 bridgehead atoms. The van der Waals surface area contributed by atoms with Gasteiger partial charge >= 0.3 is 0 Å². The summed E-state index contributed by atoms with van der Waals surface area (Å²) in [6, 6.07) is 8.08. The van der Waals surface area contributed by atoms with Crippen molar-refractivity contribution in [2.24, 2.45) is 17.8 Å². The predicted molar refractivity (Wildman–Crippen MR) is 107 cm³/mol. The fourth-order valence-corrected chi connectivity index (χ4v) is 6.02. The van der Waals surface area contributed by atoms with Crippen LogP contribution in [0.3, 0.4) is 0 Å². The van der Waals surface area contributed by atoms with Crippen molar-refractivity contribution in [3.05, 3.63) is 23.8 Å². The van der Waals surface area contributed by atoms with Gasteiger partial charge in [0.1, 0.15) is 0 Å². The highest BCUT2D eigenvalue weighted by Gasteiger charge is 2.39. The van der Waals surface area contributed by atoms with Crippen LogP contribution >= 0.6 is 0 Å². The van der Waals surface area contributed by atoms with Crippen molar-refractivity contribution in [3.8, 4) is 11.5 Å². The first kappa shape index (κ1) is 17.8. The predicted octanol–water partition coefficient (Wildman–Crippen LogP) is 3.84. The Morgan fingerprint density at radius 1 is 1.07 bits per heavy atom. The summed E-state index contributed by atoms with van der Waals surface area (Å²) in [5.74, 6) is 4.43. The molecule has 0 radical (unpaired) electrons. The van der Waals surface area contributed by atoms with Crippen LogP contribution in [0.1, 0.15) is 51.0 Å². The molecule has 4 aliphatic heterocycles. The van der Waals surface area contributed by atoms with Gasteiger partial charge in [0.05, 0.1) is 0 Å². The molecule has 5 unspecified atom stereocenters. The maximum Gasteiger partial charge on any atom is 0.231 e. The van der Waals surface area contributed by atoms with Gasteiger partial charge in [-0.25, -0.2) is 0 Å². The zero-order valence-corrected chi connectivity index (χ0v) is 16.7. The number of nitrogens with zero attached hydrogens (tertiary/aromatic N) is 1. The van der Waals surface area contributed by atoms with Crippen molar-refractivity contribution in [2.75, 3.05) is 26.4 Å². The molecule has 1 N–H and O–H groups in total. The van der Waals surface area contributed by atoms with Crippen LogP contribution in [0.4, 0.5) is 0 Å². The summed E-state index contributed by atoms with van der Waals surface area (Å²) < 4.78 is 11.0. The second kappa shape index (κ2) is 7.63. The lowest BCUT2D eigenvalue weighted by atomic mass is 9.92. The van der Waals surface area contributed by atoms with Crippen molar-refractivity contribution in [2.45, 2.75) is 64.0 Å². The first-order chi connectivity index (χ1) is 13.2. The van der Waals surface area contributed by atoms with E-state index in [1.165, 1.54) is 70.1 Å². The number of hydrogen-bond donors (Lipinski definition) is 1. The molecule has 4 aliphatic rings. The Hall–Kier alpha value is -1.26. The summed E-state index contributed by atoms with van der Waals surface area (Å²) in [5.41, 5.74) is 1.40. The average molecular weight is 371 g/mol. The highest BCUT2D eigenvalue weighted by Crippen LogP contribution is 2.36. The fourth-order valence-electron chi connectivity index (χ4n) is 6.02. The van der Waals surface area contributed by atoms with Crippen molar-refractivity contribution in [1.82, 2.24) is 10.2 Å². The van der Waals surface area contributed by atoms with Crippen LogP contribution in [-0.2, 0) is 6.42 Å². The maximum atomic E-state index is 5.55. The number of benzene rings is 1. The Balaban J connectivity index is 1.14. The third-order valence-corrected chi connectivity index (χ3v) is 7.34. The molecule has 4 nitrogen and oxygen atoms in total. The molecule has 5 rings (SSSR count). The Bertz CT molecular complexity index is 664. The number of hydrogen-bond acceptors (Lipinski definition) is 4. The van der Waals surface area contributed by atoms with Gasteiger partial charge in [0.15, 0.2) is 11.5 Å². The number of rotatable bonds is 4. The fraction of sp³-hybridized carbons (Fsp3) is 0.739. The molecule has 148 valence electrons. The van der Waals surface area contributed by atoms with Crippen molar-refractivity contribution in [1.29, 1.82) is 0 Å². The lowest BCUT2D eigenvalue weighted by Gasteiger charge is -2.30. The molecule has 1 aromatic carbocycles. The van der Waals surface area contributed by atoms with E-state index in [0.717, 1.165) is 41.3 Å². The van der Waals surface area contributed by atoms with Crippen LogP contribution in [0.15, 0.2) is 18.2 Å². The van der Waals surface area contributed by atoms with Crippen molar-refractivity contribution in [3.63, 3.8) is 0 Å². The minimum absolute atomic E-state index is 0.369. The van der Waals surface area contributed by atoms with Gasteiger partial charge in [0.25, 0.3) is 0 Å². The van der Waals surface area contributed by atoms with Gasteiger partial charge < -0.3 is 19.7 Å². The standard InChI is InChI=1S/C23H34N2O2/c1-16-9-20-13-19(21(10-16)24-20)14-25-7-2-3-17(6-8-25)11-18-4-5-22-23(12-18)27-15-26-22/h4-5,12,16-17,19-21,24H,2-3,6-11,13-15H2,1H3. The quantitative estimate of drug-likeness (QED) is 0.873. The van der Waals surface area contributed by atoms with Crippen molar-refractivity contribution >= 4 is 0 Å². The topological polar surface area (TPSA) is 33.7 Å². The van der Waals surface area contributed by atoms with E-state index in [1.807, 2.05) is 0 Å². The number of nitrogens with one attached hydrogen (secondary N) is 1. The van der Waals surface area contributed by atoms with Crippen LogP contribution in [0.5, 0.6) is 11.5 Å². The van der Waals surface area contributed by atoms with Gasteiger partial charge in [-0.05, 0) is 93.5 Å². The van der Waals surface area contributed by atoms with E-state index < -0.39 is 0 Å². The molecular formula is C23H34N2O2. The lowest BCUT2D eigenvalue weighted by Crippen LogP contribution is -2.41. The van der Waals surface area contributed by atoms with Crippen LogP contribution in [-0.4, -0.2) is 43.4 Å². The van der Waals surface area contributed by atoms with E-state index in [2.05, 4.69) is 35.3 Å². The van der Waals surface area contributed by atoms with Crippen molar-refractivity contribution < 1.29 is 9.47 Å². The monoisotopic (exact) mass is 370 g/mol. The summed E-state index contributed by atoms with van der Waals surface area (Å²) >= 11 is 0. The Labute approximate surface area is 163 Å². The molecule has 0 saturated carbocycles. The zero-order valence-electron chi connectivity index (χ0n) is 16.7. The highest BCUT2D eigenvalue weighted by atomic mass is 16.7. The molecule has 4 heteroatoms. The first-order valence-electron chi connectivity index (χ1n) is 11.1. The minimum atomic E-state index is 0.369. The molecule has 0 spiro atoms. The molecule has 27 heavy (non-hydrogen) atoms. The summed E-state index contributed by atoms with van der Waals surface area (Å²) in [6.07, 6.45) is 9.41. The molecule has 1 aromatic rings. The normalized spacial score (nSPS) is 36.0. The van der Waals surface area contributed by atoms with E-state index in [4.69, 9.17) is 9.47 Å². The van der Waals surface area contributed by atoms with Gasteiger partial charge in [-0.15, -0.1) is 0 Å². The first-order valence-corrected chi connectivity index (χ1v) is 11.1. The lowest BCUT2D eigenvalue weighted by molar-refractivity contribution is 0.174. The van der Waals surface area contributed by atoms with Gasteiger partial charge in [0.2, 0.25) is 6.79 Å². The third-order valence-electron chi connectivity index (χ3n) is 7.34. The van der Waals surface area contributed by atoms with Gasteiger partial charge in [0, 0.05) is 18.6 Å². The zero-order chi connectivity index (χ0) is 18.2. The summed E-state index contributed by atoms with van der Waals surface area (Å²) in [5, 5.41) is 3.89. The number of fused-ring (bicyclic) bond motifs is 3. The van der Waals surface area contributed by atoms with Gasteiger partial charge in [-0.1, -0.05) is 13.0 Å². The maximum absolute atomic E-state index is 5.55. The molecule has 0 amide bonds. The van der Waals surface area contributed by atoms with Gasteiger partial charge in [-0.2, -0.15) is 0 Å². The number of piperidine rings is 1. The number of likely N-dealkylation sites (tertiary alicyclic amines) is 1. The third kappa shape index (κ3) is 3.97. The minimum Gasteiger partial charge on any atom is -0.454 e. The Morgan fingerprint density at radius 2 is 2.00 bits per heavy atom. The molecular weight excluding hydrogens is 336 g/mol. The van der Waals surface area contributed by atoms with E-state index in [0.29, 0.717) is 6.79 Å². The second-order valence-electron chi connectivity index (χ2n) is 9.53. The number of ether oxygens (including phenoxy) is 2. The average Bonchev–Trinajstić information content (AvgIpc) is 3.14. The van der Waals surface area contributed by atoms with E-state index in [1.54, 1.807) is 0 Å². The van der Waals surface area contributed by atoms with E-state index in [9.17, 15) is 0 Å². The largest absolute Gasteiger partial charge is 0.454 e. The van der Waals surface area contributed by atoms with Crippen LogP contribution in [0.2, 0.25) is 0 Å². The van der Waals surface area contributed by atoms with Gasteiger partial charge in [-0.3, -0.25) is 0 Å². The highest BCUT2D eigenvalue weighted by molar-refractivity contribution is 5.44. The summed E-state index contributed by atoms with van der Waals surface area (Å²) in [4.78, 5) is 2.78. The molecule has 3 saturated heterocycles. The summed E-state index contributed by atoms with van der Waals surface area (Å²) in [6.45, 7) is 6.70. The second-order valence-corrected chi connectivity index (χ2v) is 9.53. The van der Waals surface area contributed by atoms with E-state index in [-0.39, 0.29) is 0 Å².